The molecule has 1 fully saturated rings. The molecule has 0 aromatic heterocycles. The molecular formula is C19H18N2O2. The summed E-state index contributed by atoms with van der Waals surface area (Å²) < 4.78 is 5.44. The van der Waals surface area contributed by atoms with Gasteiger partial charge in [0.25, 0.3) is 5.91 Å². The predicted molar refractivity (Wildman–Crippen MR) is 87.0 cm³/mol. The highest BCUT2D eigenvalue weighted by Crippen LogP contribution is 2.47. The van der Waals surface area contributed by atoms with E-state index in [1.54, 1.807) is 24.3 Å². The van der Waals surface area contributed by atoms with Gasteiger partial charge in [0.2, 0.25) is 0 Å². The van der Waals surface area contributed by atoms with Crippen LogP contribution in [0.15, 0.2) is 54.6 Å². The largest absolute Gasteiger partial charge is 0.484 e. The molecule has 1 N–H and O–H groups in total. The molecular weight excluding hydrogens is 288 g/mol. The zero-order valence-corrected chi connectivity index (χ0v) is 12.8. The number of nitriles is 1. The Morgan fingerprint density at radius 2 is 1.83 bits per heavy atom. The van der Waals surface area contributed by atoms with Crippen LogP contribution in [-0.4, -0.2) is 19.1 Å². The predicted octanol–water partition coefficient (Wildman–Crippen LogP) is 2.79. The molecule has 3 rings (SSSR count). The molecule has 2 aromatic carbocycles. The number of amides is 1. The number of carbonyl (C=O) groups excluding carboxylic acids is 1. The van der Waals surface area contributed by atoms with Gasteiger partial charge in [0.05, 0.1) is 11.6 Å². The smallest absolute Gasteiger partial charge is 0.257 e. The Balaban J connectivity index is 1.47. The quantitative estimate of drug-likeness (QED) is 0.892. The molecule has 4 nitrogen and oxygen atoms in total. The van der Waals surface area contributed by atoms with Crippen LogP contribution in [0.1, 0.15) is 24.0 Å². The van der Waals surface area contributed by atoms with Crippen LogP contribution >= 0.6 is 0 Å². The fourth-order valence-corrected chi connectivity index (χ4v) is 2.60. The fraction of sp³-hybridized carbons (Fsp3) is 0.263. The summed E-state index contributed by atoms with van der Waals surface area (Å²) in [4.78, 5) is 12.0. The van der Waals surface area contributed by atoms with Gasteiger partial charge in [-0.3, -0.25) is 4.79 Å². The molecule has 4 heteroatoms. The number of ether oxygens (including phenoxy) is 1. The zero-order valence-electron chi connectivity index (χ0n) is 12.8. The Kier molecular flexibility index (Phi) is 4.29. The van der Waals surface area contributed by atoms with Gasteiger partial charge < -0.3 is 10.1 Å². The van der Waals surface area contributed by atoms with Crippen molar-refractivity contribution in [3.05, 3.63) is 65.7 Å². The first-order valence-electron chi connectivity index (χ1n) is 7.67. The minimum absolute atomic E-state index is 0.0171. The molecule has 1 aliphatic rings. The molecule has 1 aliphatic carbocycles. The minimum atomic E-state index is -0.128. The van der Waals surface area contributed by atoms with Crippen molar-refractivity contribution in [2.24, 2.45) is 0 Å². The summed E-state index contributed by atoms with van der Waals surface area (Å²) in [5, 5.41) is 11.7. The Hall–Kier alpha value is -2.80. The zero-order chi connectivity index (χ0) is 16.1. The topological polar surface area (TPSA) is 62.1 Å². The van der Waals surface area contributed by atoms with Gasteiger partial charge in [-0.25, -0.2) is 0 Å². The molecule has 1 saturated carbocycles. The van der Waals surface area contributed by atoms with Crippen LogP contribution in [0.2, 0.25) is 0 Å². The Morgan fingerprint density at radius 3 is 2.43 bits per heavy atom. The van der Waals surface area contributed by atoms with Gasteiger partial charge in [-0.1, -0.05) is 30.3 Å². The molecule has 116 valence electrons. The third kappa shape index (κ3) is 3.70. The van der Waals surface area contributed by atoms with Crippen molar-refractivity contribution in [3.63, 3.8) is 0 Å². The van der Waals surface area contributed by atoms with Crippen molar-refractivity contribution in [3.8, 4) is 11.8 Å². The summed E-state index contributed by atoms with van der Waals surface area (Å²) >= 11 is 0. The first kappa shape index (κ1) is 15.1. The average molecular weight is 306 g/mol. The van der Waals surface area contributed by atoms with E-state index in [0.29, 0.717) is 17.9 Å². The van der Waals surface area contributed by atoms with Crippen LogP contribution in [0.5, 0.6) is 5.75 Å². The van der Waals surface area contributed by atoms with Crippen molar-refractivity contribution < 1.29 is 9.53 Å². The van der Waals surface area contributed by atoms with Crippen LogP contribution in [0, 0.1) is 11.3 Å². The lowest BCUT2D eigenvalue weighted by Gasteiger charge is -2.16. The van der Waals surface area contributed by atoms with E-state index in [9.17, 15) is 4.79 Å². The molecule has 0 saturated heterocycles. The monoisotopic (exact) mass is 306 g/mol. The van der Waals surface area contributed by atoms with Crippen molar-refractivity contribution in [2.45, 2.75) is 18.3 Å². The number of nitrogens with one attached hydrogen (secondary N) is 1. The summed E-state index contributed by atoms with van der Waals surface area (Å²) in [7, 11) is 0. The molecule has 0 aliphatic heterocycles. The van der Waals surface area contributed by atoms with Crippen LogP contribution in [-0.2, 0) is 10.2 Å². The fourth-order valence-electron chi connectivity index (χ4n) is 2.60. The average Bonchev–Trinajstić information content (AvgIpc) is 3.41. The van der Waals surface area contributed by atoms with Gasteiger partial charge in [-0.15, -0.1) is 0 Å². The highest BCUT2D eigenvalue weighted by Gasteiger charge is 2.44. The third-order valence-corrected chi connectivity index (χ3v) is 4.22. The van der Waals surface area contributed by atoms with E-state index in [-0.39, 0.29) is 17.9 Å². The second-order valence-electron chi connectivity index (χ2n) is 5.85. The maximum Gasteiger partial charge on any atom is 0.257 e. The van der Waals surface area contributed by atoms with Crippen LogP contribution in [0.4, 0.5) is 0 Å². The summed E-state index contributed by atoms with van der Waals surface area (Å²) in [6.07, 6.45) is 2.21. The number of benzene rings is 2. The van der Waals surface area contributed by atoms with E-state index in [0.717, 1.165) is 12.8 Å². The molecule has 23 heavy (non-hydrogen) atoms. The molecule has 0 unspecified atom stereocenters. The number of rotatable bonds is 6. The van der Waals surface area contributed by atoms with E-state index in [2.05, 4.69) is 17.4 Å². The highest BCUT2D eigenvalue weighted by molar-refractivity contribution is 5.77. The number of hydrogen-bond donors (Lipinski definition) is 1. The maximum atomic E-state index is 12.0. The van der Waals surface area contributed by atoms with E-state index in [4.69, 9.17) is 10.00 Å². The van der Waals surface area contributed by atoms with Gasteiger partial charge in [-0.05, 0) is 42.7 Å². The molecule has 0 atom stereocenters. The number of carbonyl (C=O) groups is 1. The van der Waals surface area contributed by atoms with E-state index in [1.807, 2.05) is 24.3 Å². The lowest BCUT2D eigenvalue weighted by atomic mass is 9.96. The van der Waals surface area contributed by atoms with E-state index < -0.39 is 0 Å². The van der Waals surface area contributed by atoms with Crippen LogP contribution < -0.4 is 10.1 Å². The van der Waals surface area contributed by atoms with E-state index in [1.165, 1.54) is 5.56 Å². The van der Waals surface area contributed by atoms with Crippen molar-refractivity contribution in [1.29, 1.82) is 5.26 Å². The van der Waals surface area contributed by atoms with Crippen LogP contribution in [0.3, 0.4) is 0 Å². The number of nitrogens with zero attached hydrogens (tertiary/aromatic N) is 1. The molecule has 0 bridgehead atoms. The minimum Gasteiger partial charge on any atom is -0.484 e. The lowest BCUT2D eigenvalue weighted by molar-refractivity contribution is -0.123. The highest BCUT2D eigenvalue weighted by atomic mass is 16.5. The van der Waals surface area contributed by atoms with Gasteiger partial charge in [0, 0.05) is 12.0 Å². The van der Waals surface area contributed by atoms with Gasteiger partial charge in [-0.2, -0.15) is 5.26 Å². The van der Waals surface area contributed by atoms with E-state index >= 15 is 0 Å². The SMILES string of the molecule is N#Cc1ccc(OCC(=O)NCC2(c3ccccc3)CC2)cc1. The molecule has 1 amide bonds. The van der Waals surface area contributed by atoms with Gasteiger partial charge in [0.1, 0.15) is 5.75 Å². The first-order valence-corrected chi connectivity index (χ1v) is 7.67. The van der Waals surface area contributed by atoms with Crippen molar-refractivity contribution in [2.75, 3.05) is 13.2 Å². The maximum absolute atomic E-state index is 12.0. The normalized spacial score (nSPS) is 14.6. The Bertz CT molecular complexity index is 713. The van der Waals surface area contributed by atoms with Crippen molar-refractivity contribution in [1.82, 2.24) is 5.32 Å². The first-order chi connectivity index (χ1) is 11.2. The molecule has 2 aromatic rings. The Morgan fingerprint density at radius 1 is 1.13 bits per heavy atom. The summed E-state index contributed by atoms with van der Waals surface area (Å²) in [5.41, 5.74) is 1.96. The molecule has 0 heterocycles. The van der Waals surface area contributed by atoms with Crippen molar-refractivity contribution >= 4 is 5.91 Å². The summed E-state index contributed by atoms with van der Waals surface area (Å²) in [6, 6.07) is 19.1. The summed E-state index contributed by atoms with van der Waals surface area (Å²) in [6.45, 7) is 0.628. The molecule has 0 spiro atoms. The molecule has 0 radical (unpaired) electrons. The Labute approximate surface area is 135 Å². The lowest BCUT2D eigenvalue weighted by Crippen LogP contribution is -2.35. The third-order valence-electron chi connectivity index (χ3n) is 4.22. The van der Waals surface area contributed by atoms with Crippen LogP contribution in [0.25, 0.3) is 0 Å². The number of hydrogen-bond acceptors (Lipinski definition) is 3. The van der Waals surface area contributed by atoms with Gasteiger partial charge in [0.15, 0.2) is 6.61 Å². The summed E-state index contributed by atoms with van der Waals surface area (Å²) in [5.74, 6) is 0.458. The second kappa shape index (κ2) is 6.53. The van der Waals surface area contributed by atoms with Gasteiger partial charge >= 0.3 is 0 Å². The second-order valence-corrected chi connectivity index (χ2v) is 5.85. The standard InChI is InChI=1S/C19H18N2O2/c20-12-15-6-8-17(9-7-15)23-13-18(22)21-14-19(10-11-19)16-4-2-1-3-5-16/h1-9H,10-11,13-14H2,(H,21,22).